The van der Waals surface area contributed by atoms with Crippen molar-refractivity contribution in [2.24, 2.45) is 5.90 Å². The summed E-state index contributed by atoms with van der Waals surface area (Å²) in [7, 11) is 0. The monoisotopic (exact) mass is 193 g/mol. The van der Waals surface area contributed by atoms with Crippen molar-refractivity contribution in [1.82, 2.24) is 0 Å². The average molecular weight is 193 g/mol. The molecule has 0 saturated heterocycles. The molecule has 1 aromatic carbocycles. The van der Waals surface area contributed by atoms with Crippen LogP contribution in [0.4, 0.5) is 0 Å². The van der Waals surface area contributed by atoms with Gasteiger partial charge in [0.15, 0.2) is 0 Å². The maximum absolute atomic E-state index is 5.73. The summed E-state index contributed by atoms with van der Waals surface area (Å²) in [5, 5.41) is 0. The van der Waals surface area contributed by atoms with Gasteiger partial charge in [-0.1, -0.05) is 11.6 Å². The molecule has 2 N–H and O–H groups in total. The Kier molecular flexibility index (Phi) is 2.70. The molecule has 1 aromatic rings. The fraction of sp³-hybridized carbons (Fsp3) is 0.455. The van der Waals surface area contributed by atoms with Gasteiger partial charge < -0.3 is 4.74 Å². The summed E-state index contributed by atoms with van der Waals surface area (Å²) < 4.78 is 5.73. The van der Waals surface area contributed by atoms with Gasteiger partial charge in [0.2, 0.25) is 0 Å². The molecule has 0 amide bonds. The fourth-order valence-electron chi connectivity index (χ4n) is 1.39. The van der Waals surface area contributed by atoms with Crippen LogP contribution >= 0.6 is 0 Å². The van der Waals surface area contributed by atoms with E-state index in [0.717, 1.165) is 24.2 Å². The van der Waals surface area contributed by atoms with E-state index in [9.17, 15) is 0 Å². The van der Waals surface area contributed by atoms with E-state index in [1.54, 1.807) is 0 Å². The van der Waals surface area contributed by atoms with Crippen LogP contribution in [0.2, 0.25) is 0 Å². The Hall–Kier alpha value is -1.06. The maximum Gasteiger partial charge on any atom is 0.125 e. The number of hydrogen-bond donors (Lipinski definition) is 1. The van der Waals surface area contributed by atoms with Gasteiger partial charge in [-0.25, -0.2) is 5.90 Å². The lowest BCUT2D eigenvalue weighted by Crippen LogP contribution is -2.04. The van der Waals surface area contributed by atoms with Crippen molar-refractivity contribution in [2.75, 3.05) is 0 Å². The number of rotatable bonds is 4. The second kappa shape index (κ2) is 3.98. The van der Waals surface area contributed by atoms with E-state index < -0.39 is 0 Å². The van der Waals surface area contributed by atoms with Crippen molar-refractivity contribution in [3.8, 4) is 5.75 Å². The number of hydrogen-bond acceptors (Lipinski definition) is 3. The van der Waals surface area contributed by atoms with Gasteiger partial charge in [0, 0.05) is 5.56 Å². The molecule has 0 bridgehead atoms. The third kappa shape index (κ3) is 2.25. The topological polar surface area (TPSA) is 44.5 Å². The average Bonchev–Trinajstić information content (AvgIpc) is 2.94. The van der Waals surface area contributed by atoms with Gasteiger partial charge in [0.1, 0.15) is 5.75 Å². The van der Waals surface area contributed by atoms with Crippen LogP contribution in [0, 0.1) is 6.92 Å². The van der Waals surface area contributed by atoms with Crippen LogP contribution in [0.3, 0.4) is 0 Å². The molecule has 0 atom stereocenters. The lowest BCUT2D eigenvalue weighted by molar-refractivity contribution is 0.121. The molecule has 0 radical (unpaired) electrons. The SMILES string of the molecule is Cc1ccc(OC2CC2)c(CON)c1. The smallest absolute Gasteiger partial charge is 0.125 e. The van der Waals surface area contributed by atoms with E-state index >= 15 is 0 Å². The van der Waals surface area contributed by atoms with E-state index in [-0.39, 0.29) is 0 Å². The number of aryl methyl sites for hydroxylation is 1. The Morgan fingerprint density at radius 2 is 2.21 bits per heavy atom. The Morgan fingerprint density at radius 1 is 1.43 bits per heavy atom. The lowest BCUT2D eigenvalue weighted by Gasteiger charge is -2.10. The largest absolute Gasteiger partial charge is 0.490 e. The van der Waals surface area contributed by atoms with Crippen LogP contribution in [0.25, 0.3) is 0 Å². The molecule has 1 saturated carbocycles. The minimum Gasteiger partial charge on any atom is -0.490 e. The Labute approximate surface area is 83.8 Å². The van der Waals surface area contributed by atoms with Crippen LogP contribution in [0.1, 0.15) is 24.0 Å². The number of ether oxygens (including phenoxy) is 1. The van der Waals surface area contributed by atoms with Crippen molar-refractivity contribution in [1.29, 1.82) is 0 Å². The minimum atomic E-state index is 0.406. The molecule has 1 aliphatic carbocycles. The summed E-state index contributed by atoms with van der Waals surface area (Å²) >= 11 is 0. The first-order valence-corrected chi connectivity index (χ1v) is 4.87. The van der Waals surface area contributed by atoms with E-state index in [4.69, 9.17) is 10.6 Å². The quantitative estimate of drug-likeness (QED) is 0.743. The molecule has 1 aliphatic rings. The molecule has 76 valence electrons. The van der Waals surface area contributed by atoms with Gasteiger partial charge in [-0.05, 0) is 31.9 Å². The van der Waals surface area contributed by atoms with Crippen LogP contribution in [-0.2, 0) is 11.4 Å². The van der Waals surface area contributed by atoms with Crippen LogP contribution in [-0.4, -0.2) is 6.10 Å². The highest BCUT2D eigenvalue weighted by Gasteiger charge is 2.24. The van der Waals surface area contributed by atoms with Crippen molar-refractivity contribution in [2.45, 2.75) is 32.5 Å². The molecule has 0 heterocycles. The van der Waals surface area contributed by atoms with Crippen LogP contribution < -0.4 is 10.6 Å². The van der Waals surface area contributed by atoms with Gasteiger partial charge >= 0.3 is 0 Å². The van der Waals surface area contributed by atoms with Gasteiger partial charge in [0.25, 0.3) is 0 Å². The molecule has 3 nitrogen and oxygen atoms in total. The minimum absolute atomic E-state index is 0.406. The molecule has 1 fully saturated rings. The van der Waals surface area contributed by atoms with Gasteiger partial charge in [-0.2, -0.15) is 0 Å². The Balaban J connectivity index is 2.17. The standard InChI is InChI=1S/C11H15NO2/c1-8-2-5-11(14-10-3-4-10)9(6-8)7-13-12/h2,5-6,10H,3-4,7,12H2,1H3. The molecular formula is C11H15NO2. The molecule has 0 unspecified atom stereocenters. The van der Waals surface area contributed by atoms with Gasteiger partial charge in [0.05, 0.1) is 12.7 Å². The number of benzene rings is 1. The first-order valence-electron chi connectivity index (χ1n) is 4.87. The van der Waals surface area contributed by atoms with Crippen LogP contribution in [0.15, 0.2) is 18.2 Å². The zero-order chi connectivity index (χ0) is 9.97. The first-order chi connectivity index (χ1) is 6.79. The van der Waals surface area contributed by atoms with Crippen molar-refractivity contribution >= 4 is 0 Å². The zero-order valence-electron chi connectivity index (χ0n) is 8.32. The van der Waals surface area contributed by atoms with Crippen molar-refractivity contribution < 1.29 is 9.57 Å². The highest BCUT2D eigenvalue weighted by atomic mass is 16.6. The second-order valence-corrected chi connectivity index (χ2v) is 3.74. The maximum atomic E-state index is 5.73. The third-order valence-corrected chi connectivity index (χ3v) is 2.27. The summed E-state index contributed by atoms with van der Waals surface area (Å²) in [6.07, 6.45) is 2.74. The predicted octanol–water partition coefficient (Wildman–Crippen LogP) is 1.93. The lowest BCUT2D eigenvalue weighted by atomic mass is 10.1. The normalized spacial score (nSPS) is 15.6. The summed E-state index contributed by atoms with van der Waals surface area (Å²) in [5.41, 5.74) is 2.22. The van der Waals surface area contributed by atoms with E-state index in [1.807, 2.05) is 25.1 Å². The highest BCUT2D eigenvalue weighted by Crippen LogP contribution is 2.29. The second-order valence-electron chi connectivity index (χ2n) is 3.74. The molecular weight excluding hydrogens is 178 g/mol. The predicted molar refractivity (Wildman–Crippen MR) is 53.8 cm³/mol. The third-order valence-electron chi connectivity index (χ3n) is 2.27. The number of nitrogens with two attached hydrogens (primary N) is 1. The molecule has 2 rings (SSSR count). The van der Waals surface area contributed by atoms with E-state index in [1.165, 1.54) is 5.56 Å². The summed E-state index contributed by atoms with van der Waals surface area (Å²) in [5.74, 6) is 5.98. The van der Waals surface area contributed by atoms with E-state index in [2.05, 4.69) is 4.84 Å². The zero-order valence-corrected chi connectivity index (χ0v) is 8.32. The Morgan fingerprint density at radius 3 is 2.86 bits per heavy atom. The summed E-state index contributed by atoms with van der Waals surface area (Å²) in [6, 6.07) is 6.07. The molecule has 0 spiro atoms. The van der Waals surface area contributed by atoms with Gasteiger partial charge in [-0.15, -0.1) is 0 Å². The summed E-state index contributed by atoms with van der Waals surface area (Å²) in [6.45, 7) is 2.45. The fourth-order valence-corrected chi connectivity index (χ4v) is 1.39. The van der Waals surface area contributed by atoms with Gasteiger partial charge in [-0.3, -0.25) is 4.84 Å². The van der Waals surface area contributed by atoms with E-state index in [0.29, 0.717) is 12.7 Å². The summed E-state index contributed by atoms with van der Waals surface area (Å²) in [4.78, 5) is 4.65. The molecule has 3 heteroatoms. The van der Waals surface area contributed by atoms with Crippen LogP contribution in [0.5, 0.6) is 5.75 Å². The Bertz CT molecular complexity index is 321. The molecule has 0 aliphatic heterocycles. The molecule has 14 heavy (non-hydrogen) atoms. The van der Waals surface area contributed by atoms with Crippen molar-refractivity contribution in [3.63, 3.8) is 0 Å². The molecule has 0 aromatic heterocycles. The highest BCUT2D eigenvalue weighted by molar-refractivity contribution is 5.36. The first kappa shape index (κ1) is 9.49. The van der Waals surface area contributed by atoms with Crippen molar-refractivity contribution in [3.05, 3.63) is 29.3 Å².